The van der Waals surface area contributed by atoms with E-state index in [-0.39, 0.29) is 24.0 Å². The zero-order valence-electron chi connectivity index (χ0n) is 13.9. The standard InChI is InChI=1S/C15H23Cl2N5O.HI/c1-18-15(22-6-3-11(9-22)10-23-2)20-5-4-19-14-13(17)7-12(16)8-21-14;/h7-8,11H,3-6,9-10H2,1-2H3,(H,18,20)(H,19,21);1H. The normalized spacial score (nSPS) is 17.6. The molecule has 1 unspecified atom stereocenters. The van der Waals surface area contributed by atoms with Crippen LogP contribution in [0.5, 0.6) is 0 Å². The van der Waals surface area contributed by atoms with Crippen LogP contribution in [-0.4, -0.2) is 62.8 Å². The molecule has 0 saturated carbocycles. The Morgan fingerprint density at radius 2 is 2.25 bits per heavy atom. The Kier molecular flexibility index (Phi) is 10.0. The Morgan fingerprint density at radius 1 is 1.46 bits per heavy atom. The highest BCUT2D eigenvalue weighted by atomic mass is 127. The molecule has 2 heterocycles. The van der Waals surface area contributed by atoms with E-state index in [4.69, 9.17) is 27.9 Å². The van der Waals surface area contributed by atoms with Gasteiger partial charge in [-0.2, -0.15) is 0 Å². The van der Waals surface area contributed by atoms with Crippen molar-refractivity contribution in [2.45, 2.75) is 6.42 Å². The third-order valence-corrected chi connectivity index (χ3v) is 4.20. The second-order valence-electron chi connectivity index (χ2n) is 5.44. The van der Waals surface area contributed by atoms with Crippen LogP contribution in [0.4, 0.5) is 5.82 Å². The summed E-state index contributed by atoms with van der Waals surface area (Å²) in [6, 6.07) is 1.67. The van der Waals surface area contributed by atoms with Gasteiger partial charge in [-0.05, 0) is 12.5 Å². The fraction of sp³-hybridized carbons (Fsp3) is 0.600. The van der Waals surface area contributed by atoms with Crippen molar-refractivity contribution in [2.75, 3.05) is 52.3 Å². The van der Waals surface area contributed by atoms with Crippen LogP contribution in [0.3, 0.4) is 0 Å². The lowest BCUT2D eigenvalue weighted by Gasteiger charge is -2.21. The van der Waals surface area contributed by atoms with Gasteiger partial charge in [0.15, 0.2) is 5.96 Å². The van der Waals surface area contributed by atoms with Gasteiger partial charge in [0.1, 0.15) is 5.82 Å². The second-order valence-corrected chi connectivity index (χ2v) is 6.28. The van der Waals surface area contributed by atoms with Crippen molar-refractivity contribution in [2.24, 2.45) is 10.9 Å². The van der Waals surface area contributed by atoms with E-state index in [1.165, 1.54) is 0 Å². The van der Waals surface area contributed by atoms with Crippen molar-refractivity contribution in [3.8, 4) is 0 Å². The smallest absolute Gasteiger partial charge is 0.193 e. The van der Waals surface area contributed by atoms with Crippen LogP contribution >= 0.6 is 47.2 Å². The van der Waals surface area contributed by atoms with E-state index in [0.717, 1.165) is 38.6 Å². The van der Waals surface area contributed by atoms with E-state index in [1.54, 1.807) is 26.4 Å². The van der Waals surface area contributed by atoms with Gasteiger partial charge in [0.05, 0.1) is 16.7 Å². The minimum atomic E-state index is 0. The van der Waals surface area contributed by atoms with E-state index in [2.05, 4.69) is 25.5 Å². The van der Waals surface area contributed by atoms with Crippen molar-refractivity contribution in [3.05, 3.63) is 22.3 Å². The molecule has 1 atom stereocenters. The van der Waals surface area contributed by atoms with Gasteiger partial charge < -0.3 is 20.3 Å². The molecule has 1 saturated heterocycles. The number of ether oxygens (including phenoxy) is 1. The lowest BCUT2D eigenvalue weighted by atomic mass is 10.1. The Bertz CT molecular complexity index is 547. The maximum Gasteiger partial charge on any atom is 0.193 e. The lowest BCUT2D eigenvalue weighted by Crippen LogP contribution is -2.42. The highest BCUT2D eigenvalue weighted by molar-refractivity contribution is 14.0. The third-order valence-electron chi connectivity index (χ3n) is 3.71. The summed E-state index contributed by atoms with van der Waals surface area (Å²) in [5.74, 6) is 2.13. The van der Waals surface area contributed by atoms with Gasteiger partial charge in [0, 0.05) is 52.5 Å². The van der Waals surface area contributed by atoms with Crippen LogP contribution in [0.1, 0.15) is 6.42 Å². The number of guanidine groups is 1. The summed E-state index contributed by atoms with van der Waals surface area (Å²) in [6.07, 6.45) is 2.71. The minimum absolute atomic E-state index is 0. The minimum Gasteiger partial charge on any atom is -0.384 e. The number of pyridine rings is 1. The van der Waals surface area contributed by atoms with Crippen LogP contribution in [0, 0.1) is 5.92 Å². The average Bonchev–Trinajstić information content (AvgIpc) is 2.98. The summed E-state index contributed by atoms with van der Waals surface area (Å²) in [6.45, 7) is 4.19. The van der Waals surface area contributed by atoms with Crippen LogP contribution in [-0.2, 0) is 4.74 Å². The van der Waals surface area contributed by atoms with E-state index in [9.17, 15) is 0 Å². The van der Waals surface area contributed by atoms with Crippen molar-refractivity contribution >= 4 is 59.0 Å². The van der Waals surface area contributed by atoms with Crippen molar-refractivity contribution in [1.82, 2.24) is 15.2 Å². The molecule has 9 heteroatoms. The molecule has 1 fully saturated rings. The maximum absolute atomic E-state index is 6.07. The molecule has 136 valence electrons. The molecule has 1 aromatic rings. The summed E-state index contributed by atoms with van der Waals surface area (Å²) >= 11 is 11.9. The fourth-order valence-electron chi connectivity index (χ4n) is 2.63. The number of hydrogen-bond donors (Lipinski definition) is 2. The lowest BCUT2D eigenvalue weighted by molar-refractivity contribution is 0.157. The van der Waals surface area contributed by atoms with E-state index < -0.39 is 0 Å². The summed E-state index contributed by atoms with van der Waals surface area (Å²) in [7, 11) is 3.55. The molecule has 24 heavy (non-hydrogen) atoms. The monoisotopic (exact) mass is 487 g/mol. The molecule has 0 amide bonds. The maximum atomic E-state index is 6.07. The molecule has 0 spiro atoms. The van der Waals surface area contributed by atoms with Crippen LogP contribution in [0.25, 0.3) is 0 Å². The molecule has 0 aromatic carbocycles. The molecule has 0 aliphatic carbocycles. The summed E-state index contributed by atoms with van der Waals surface area (Å²) < 4.78 is 5.23. The van der Waals surface area contributed by atoms with E-state index >= 15 is 0 Å². The molecular weight excluding hydrogens is 464 g/mol. The molecule has 6 nitrogen and oxygen atoms in total. The Hall–Kier alpha value is -0.510. The largest absolute Gasteiger partial charge is 0.384 e. The molecule has 1 aliphatic rings. The summed E-state index contributed by atoms with van der Waals surface area (Å²) in [5.41, 5.74) is 0. The topological polar surface area (TPSA) is 61.8 Å². The molecule has 0 bridgehead atoms. The van der Waals surface area contributed by atoms with Gasteiger partial charge in [-0.3, -0.25) is 4.99 Å². The first-order valence-electron chi connectivity index (χ1n) is 7.63. The van der Waals surface area contributed by atoms with Gasteiger partial charge in [-0.15, -0.1) is 24.0 Å². The van der Waals surface area contributed by atoms with Gasteiger partial charge in [0.25, 0.3) is 0 Å². The molecule has 1 aliphatic heterocycles. The molecule has 2 rings (SSSR count). The predicted octanol–water partition coefficient (Wildman–Crippen LogP) is 2.96. The number of rotatable bonds is 6. The number of aliphatic imine (C=N–C) groups is 1. The number of nitrogens with zero attached hydrogens (tertiary/aromatic N) is 3. The number of aromatic nitrogens is 1. The Labute approximate surface area is 170 Å². The Morgan fingerprint density at radius 3 is 2.92 bits per heavy atom. The number of methoxy groups -OCH3 is 1. The van der Waals surface area contributed by atoms with Crippen LogP contribution in [0.15, 0.2) is 17.3 Å². The van der Waals surface area contributed by atoms with Crippen molar-refractivity contribution < 1.29 is 4.74 Å². The second kappa shape index (κ2) is 11.2. The zero-order chi connectivity index (χ0) is 16.7. The number of nitrogens with one attached hydrogen (secondary N) is 2. The first-order chi connectivity index (χ1) is 11.1. The average molecular weight is 488 g/mol. The van der Waals surface area contributed by atoms with Gasteiger partial charge in [-0.1, -0.05) is 23.2 Å². The van der Waals surface area contributed by atoms with Crippen LogP contribution < -0.4 is 10.6 Å². The quantitative estimate of drug-likeness (QED) is 0.279. The molecular formula is C15H24Cl2IN5O. The van der Waals surface area contributed by atoms with Gasteiger partial charge in [-0.25, -0.2) is 4.98 Å². The van der Waals surface area contributed by atoms with Gasteiger partial charge >= 0.3 is 0 Å². The SMILES string of the molecule is CN=C(NCCNc1ncc(Cl)cc1Cl)N1CCC(COC)C1.I. The zero-order valence-corrected chi connectivity index (χ0v) is 17.7. The van der Waals surface area contributed by atoms with Gasteiger partial charge in [0.2, 0.25) is 0 Å². The summed E-state index contributed by atoms with van der Waals surface area (Å²) in [4.78, 5) is 10.8. The number of hydrogen-bond acceptors (Lipinski definition) is 4. The predicted molar refractivity (Wildman–Crippen MR) is 111 cm³/mol. The third kappa shape index (κ3) is 6.42. The molecule has 2 N–H and O–H groups in total. The number of halogens is 3. The highest BCUT2D eigenvalue weighted by Crippen LogP contribution is 2.22. The fourth-order valence-corrected chi connectivity index (χ4v) is 3.08. The molecule has 1 aromatic heterocycles. The first-order valence-corrected chi connectivity index (χ1v) is 8.39. The van der Waals surface area contributed by atoms with Crippen LogP contribution in [0.2, 0.25) is 10.0 Å². The first kappa shape index (κ1) is 21.5. The number of anilines is 1. The number of likely N-dealkylation sites (tertiary alicyclic amines) is 1. The summed E-state index contributed by atoms with van der Waals surface area (Å²) in [5, 5.41) is 7.58. The highest BCUT2D eigenvalue weighted by Gasteiger charge is 2.24. The molecule has 0 radical (unpaired) electrons. The van der Waals surface area contributed by atoms with E-state index in [1.807, 2.05) is 0 Å². The van der Waals surface area contributed by atoms with Crippen molar-refractivity contribution in [3.63, 3.8) is 0 Å². The van der Waals surface area contributed by atoms with Crippen molar-refractivity contribution in [1.29, 1.82) is 0 Å². The Balaban J connectivity index is 0.00000288. The van der Waals surface area contributed by atoms with E-state index in [0.29, 0.717) is 28.3 Å².